The molecule has 1 saturated carbocycles. The Labute approximate surface area is 125 Å². The number of aromatic nitrogens is 3. The first-order chi connectivity index (χ1) is 10.2. The lowest BCUT2D eigenvalue weighted by atomic mass is 9.91. The van der Waals surface area contributed by atoms with Crippen molar-refractivity contribution in [1.29, 1.82) is 0 Å². The van der Waals surface area contributed by atoms with E-state index in [2.05, 4.69) is 22.1 Å². The summed E-state index contributed by atoms with van der Waals surface area (Å²) in [5.74, 6) is 0. The molecule has 0 bridgehead atoms. The number of benzene rings is 1. The third-order valence-corrected chi connectivity index (χ3v) is 4.20. The van der Waals surface area contributed by atoms with Crippen LogP contribution in [-0.4, -0.2) is 44.2 Å². The predicted octanol–water partition coefficient (Wildman–Crippen LogP) is 2.00. The van der Waals surface area contributed by atoms with E-state index in [1.165, 1.54) is 6.42 Å². The van der Waals surface area contributed by atoms with Crippen LogP contribution in [0.4, 0.5) is 0 Å². The SMILES string of the molecule is CN(Cc1cnn(-c2ccccc2)n1)[C@@H]1CCCC[C@H]1O. The van der Waals surface area contributed by atoms with Crippen molar-refractivity contribution in [3.8, 4) is 5.69 Å². The van der Waals surface area contributed by atoms with Crippen LogP contribution in [0.5, 0.6) is 0 Å². The fourth-order valence-corrected chi connectivity index (χ4v) is 3.03. The molecule has 112 valence electrons. The molecule has 1 N–H and O–H groups in total. The van der Waals surface area contributed by atoms with Gasteiger partial charge >= 0.3 is 0 Å². The van der Waals surface area contributed by atoms with Gasteiger partial charge in [-0.05, 0) is 32.0 Å². The standard InChI is InChI=1S/C16H22N4O/c1-19(15-9-5-6-10-16(15)21)12-13-11-17-20(18-13)14-7-3-2-4-8-14/h2-4,7-8,11,15-16,21H,5-6,9-10,12H2,1H3/t15-,16-/m1/s1. The zero-order chi connectivity index (χ0) is 14.7. The van der Waals surface area contributed by atoms with Gasteiger partial charge in [0.25, 0.3) is 0 Å². The van der Waals surface area contributed by atoms with Crippen molar-refractivity contribution in [1.82, 2.24) is 19.9 Å². The van der Waals surface area contributed by atoms with Crippen LogP contribution in [0, 0.1) is 0 Å². The first-order valence-corrected chi connectivity index (χ1v) is 7.59. The summed E-state index contributed by atoms with van der Waals surface area (Å²) in [6.07, 6.45) is 5.89. The fourth-order valence-electron chi connectivity index (χ4n) is 3.03. The van der Waals surface area contributed by atoms with Crippen LogP contribution in [0.25, 0.3) is 5.69 Å². The number of rotatable bonds is 4. The minimum Gasteiger partial charge on any atom is -0.391 e. The third-order valence-electron chi connectivity index (χ3n) is 4.20. The lowest BCUT2D eigenvalue weighted by Crippen LogP contribution is -2.42. The highest BCUT2D eigenvalue weighted by atomic mass is 16.3. The molecule has 0 aliphatic heterocycles. The average molecular weight is 286 g/mol. The maximum absolute atomic E-state index is 10.1. The summed E-state index contributed by atoms with van der Waals surface area (Å²) in [7, 11) is 2.06. The Morgan fingerprint density at radius 3 is 2.76 bits per heavy atom. The summed E-state index contributed by atoms with van der Waals surface area (Å²) < 4.78 is 0. The molecule has 1 heterocycles. The molecule has 3 rings (SSSR count). The van der Waals surface area contributed by atoms with Gasteiger partial charge in [0, 0.05) is 12.6 Å². The van der Waals surface area contributed by atoms with Crippen molar-refractivity contribution in [3.05, 3.63) is 42.2 Å². The Bertz CT molecular complexity index is 569. The topological polar surface area (TPSA) is 54.2 Å². The van der Waals surface area contributed by atoms with Crippen LogP contribution in [0.3, 0.4) is 0 Å². The molecule has 0 unspecified atom stereocenters. The smallest absolute Gasteiger partial charge is 0.0971 e. The molecular formula is C16H22N4O. The van der Waals surface area contributed by atoms with Crippen LogP contribution in [0.1, 0.15) is 31.4 Å². The molecule has 0 amide bonds. The number of para-hydroxylation sites is 1. The number of likely N-dealkylation sites (N-methyl/N-ethyl adjacent to an activating group) is 1. The Morgan fingerprint density at radius 1 is 1.24 bits per heavy atom. The zero-order valence-corrected chi connectivity index (χ0v) is 12.4. The molecule has 1 aliphatic carbocycles. The van der Waals surface area contributed by atoms with Gasteiger partial charge in [0.2, 0.25) is 0 Å². The molecule has 5 nitrogen and oxygen atoms in total. The van der Waals surface area contributed by atoms with E-state index in [-0.39, 0.29) is 12.1 Å². The molecule has 1 aliphatic rings. The lowest BCUT2D eigenvalue weighted by molar-refractivity contribution is 0.0283. The second-order valence-electron chi connectivity index (χ2n) is 5.80. The average Bonchev–Trinajstić information content (AvgIpc) is 2.97. The van der Waals surface area contributed by atoms with Crippen molar-refractivity contribution >= 4 is 0 Å². The predicted molar refractivity (Wildman–Crippen MR) is 81.1 cm³/mol. The van der Waals surface area contributed by atoms with E-state index in [1.807, 2.05) is 30.3 Å². The third kappa shape index (κ3) is 3.31. The minimum atomic E-state index is -0.215. The number of hydrogen-bond acceptors (Lipinski definition) is 4. The summed E-state index contributed by atoms with van der Waals surface area (Å²) in [4.78, 5) is 3.85. The van der Waals surface area contributed by atoms with Gasteiger partial charge in [0.15, 0.2) is 0 Å². The number of nitrogens with zero attached hydrogens (tertiary/aromatic N) is 4. The summed E-state index contributed by atoms with van der Waals surface area (Å²) in [6, 6.07) is 10.1. The highest BCUT2D eigenvalue weighted by molar-refractivity contribution is 5.28. The van der Waals surface area contributed by atoms with Crippen LogP contribution >= 0.6 is 0 Å². The second kappa shape index (κ2) is 6.37. The van der Waals surface area contributed by atoms with E-state index < -0.39 is 0 Å². The first-order valence-electron chi connectivity index (χ1n) is 7.59. The van der Waals surface area contributed by atoms with Gasteiger partial charge in [-0.2, -0.15) is 15.0 Å². The van der Waals surface area contributed by atoms with Gasteiger partial charge in [-0.25, -0.2) is 0 Å². The molecule has 2 atom stereocenters. The summed E-state index contributed by atoms with van der Waals surface area (Å²) in [6.45, 7) is 0.717. The number of aliphatic hydroxyl groups is 1. The zero-order valence-electron chi connectivity index (χ0n) is 12.4. The Morgan fingerprint density at radius 2 is 2.00 bits per heavy atom. The van der Waals surface area contributed by atoms with Crippen LogP contribution in [0.2, 0.25) is 0 Å². The van der Waals surface area contributed by atoms with Crippen LogP contribution < -0.4 is 0 Å². The molecule has 0 radical (unpaired) electrons. The van der Waals surface area contributed by atoms with Crippen LogP contribution in [-0.2, 0) is 6.54 Å². The lowest BCUT2D eigenvalue weighted by Gasteiger charge is -2.34. The van der Waals surface area contributed by atoms with E-state index >= 15 is 0 Å². The van der Waals surface area contributed by atoms with E-state index in [0.717, 1.165) is 30.6 Å². The first kappa shape index (κ1) is 14.2. The molecule has 1 fully saturated rings. The van der Waals surface area contributed by atoms with E-state index in [4.69, 9.17) is 0 Å². The van der Waals surface area contributed by atoms with Crippen molar-refractivity contribution in [2.24, 2.45) is 0 Å². The molecule has 0 spiro atoms. The van der Waals surface area contributed by atoms with Gasteiger partial charge in [-0.15, -0.1) is 0 Å². The summed E-state index contributed by atoms with van der Waals surface area (Å²) >= 11 is 0. The molecule has 21 heavy (non-hydrogen) atoms. The number of hydrogen-bond donors (Lipinski definition) is 1. The normalized spacial score (nSPS) is 22.6. The van der Waals surface area contributed by atoms with Crippen molar-refractivity contribution in [2.45, 2.75) is 44.4 Å². The quantitative estimate of drug-likeness (QED) is 0.934. The molecule has 5 heteroatoms. The maximum atomic E-state index is 10.1. The van der Waals surface area contributed by atoms with Crippen molar-refractivity contribution in [2.75, 3.05) is 7.05 Å². The molecule has 1 aromatic heterocycles. The number of aliphatic hydroxyl groups excluding tert-OH is 1. The summed E-state index contributed by atoms with van der Waals surface area (Å²) in [5, 5.41) is 19.0. The van der Waals surface area contributed by atoms with Gasteiger partial charge < -0.3 is 5.11 Å². The monoisotopic (exact) mass is 286 g/mol. The second-order valence-corrected chi connectivity index (χ2v) is 5.80. The van der Waals surface area contributed by atoms with E-state index in [1.54, 1.807) is 11.0 Å². The minimum absolute atomic E-state index is 0.215. The molecule has 2 aromatic rings. The van der Waals surface area contributed by atoms with Crippen molar-refractivity contribution in [3.63, 3.8) is 0 Å². The fraction of sp³-hybridized carbons (Fsp3) is 0.500. The van der Waals surface area contributed by atoms with Gasteiger partial charge in [0.05, 0.1) is 23.7 Å². The maximum Gasteiger partial charge on any atom is 0.0971 e. The highest BCUT2D eigenvalue weighted by Crippen LogP contribution is 2.23. The Balaban J connectivity index is 1.67. The Hall–Kier alpha value is -1.72. The van der Waals surface area contributed by atoms with Crippen molar-refractivity contribution < 1.29 is 5.11 Å². The van der Waals surface area contributed by atoms with Gasteiger partial charge in [-0.3, -0.25) is 4.90 Å². The summed E-state index contributed by atoms with van der Waals surface area (Å²) in [5.41, 5.74) is 1.89. The van der Waals surface area contributed by atoms with Crippen LogP contribution in [0.15, 0.2) is 36.5 Å². The molecule has 1 aromatic carbocycles. The van der Waals surface area contributed by atoms with Gasteiger partial charge in [-0.1, -0.05) is 31.0 Å². The van der Waals surface area contributed by atoms with E-state index in [9.17, 15) is 5.11 Å². The Kier molecular flexibility index (Phi) is 4.31. The molecular weight excluding hydrogens is 264 g/mol. The largest absolute Gasteiger partial charge is 0.391 e. The highest BCUT2D eigenvalue weighted by Gasteiger charge is 2.26. The van der Waals surface area contributed by atoms with E-state index in [0.29, 0.717) is 6.54 Å². The molecule has 0 saturated heterocycles. The van der Waals surface area contributed by atoms with Gasteiger partial charge in [0.1, 0.15) is 0 Å².